The number of hydrogen-bond donors (Lipinski definition) is 0. The number of benzene rings is 1. The highest BCUT2D eigenvalue weighted by Crippen LogP contribution is 2.29. The summed E-state index contributed by atoms with van der Waals surface area (Å²) in [5.41, 5.74) is 2.74. The Kier molecular flexibility index (Phi) is 3.79. The first kappa shape index (κ1) is 13.0. The number of rotatable bonds is 2. The first-order chi connectivity index (χ1) is 9.22. The number of nitrogens with zero attached hydrogens (tertiary/aromatic N) is 2. The SMILES string of the molecule is Cc1ccc(N2CCN([C@H]3CC[C@@H](C)C3)CC2)cc1. The van der Waals surface area contributed by atoms with Crippen LogP contribution in [0.4, 0.5) is 5.69 Å². The zero-order valence-electron chi connectivity index (χ0n) is 12.3. The maximum absolute atomic E-state index is 2.73. The maximum Gasteiger partial charge on any atom is 0.0367 e. The molecule has 3 rings (SSSR count). The lowest BCUT2D eigenvalue weighted by Gasteiger charge is -2.39. The second-order valence-corrected chi connectivity index (χ2v) is 6.43. The minimum absolute atomic E-state index is 0.871. The van der Waals surface area contributed by atoms with E-state index in [1.807, 2.05) is 0 Å². The summed E-state index contributed by atoms with van der Waals surface area (Å²) in [6.07, 6.45) is 4.28. The molecule has 1 saturated heterocycles. The summed E-state index contributed by atoms with van der Waals surface area (Å²) < 4.78 is 0. The van der Waals surface area contributed by atoms with E-state index in [0.717, 1.165) is 12.0 Å². The van der Waals surface area contributed by atoms with Gasteiger partial charge in [0.05, 0.1) is 0 Å². The van der Waals surface area contributed by atoms with Gasteiger partial charge in [0.1, 0.15) is 0 Å². The lowest BCUT2D eigenvalue weighted by atomic mass is 10.1. The minimum atomic E-state index is 0.871. The van der Waals surface area contributed by atoms with E-state index in [9.17, 15) is 0 Å². The summed E-state index contributed by atoms with van der Waals surface area (Å²) in [7, 11) is 0. The van der Waals surface area contributed by atoms with Crippen LogP contribution >= 0.6 is 0 Å². The van der Waals surface area contributed by atoms with Crippen LogP contribution in [0.25, 0.3) is 0 Å². The van der Waals surface area contributed by atoms with Crippen molar-refractivity contribution in [2.24, 2.45) is 5.92 Å². The van der Waals surface area contributed by atoms with Gasteiger partial charge in [0.15, 0.2) is 0 Å². The van der Waals surface area contributed by atoms with Gasteiger partial charge in [0.25, 0.3) is 0 Å². The summed E-state index contributed by atoms with van der Waals surface area (Å²) in [6, 6.07) is 9.85. The van der Waals surface area contributed by atoms with E-state index in [1.54, 1.807) is 0 Å². The van der Waals surface area contributed by atoms with Gasteiger partial charge in [-0.15, -0.1) is 0 Å². The van der Waals surface area contributed by atoms with Crippen molar-refractivity contribution in [2.75, 3.05) is 31.1 Å². The van der Waals surface area contributed by atoms with E-state index in [1.165, 1.54) is 56.7 Å². The molecule has 104 valence electrons. The normalized spacial score (nSPS) is 28.8. The van der Waals surface area contributed by atoms with Gasteiger partial charge in [-0.25, -0.2) is 0 Å². The standard InChI is InChI=1S/C17H26N2/c1-14-3-6-16(7-4-14)18-9-11-19(12-10-18)17-8-5-15(2)13-17/h3-4,6-7,15,17H,5,8-13H2,1-2H3/t15-,17+/m1/s1. The third-order valence-electron chi connectivity index (χ3n) is 4.90. The van der Waals surface area contributed by atoms with Crippen molar-refractivity contribution < 1.29 is 0 Å². The molecule has 2 aliphatic rings. The van der Waals surface area contributed by atoms with Crippen LogP contribution in [-0.2, 0) is 0 Å². The van der Waals surface area contributed by atoms with E-state index in [-0.39, 0.29) is 0 Å². The van der Waals surface area contributed by atoms with Gasteiger partial charge in [-0.3, -0.25) is 4.90 Å². The summed E-state index contributed by atoms with van der Waals surface area (Å²) in [6.45, 7) is 9.42. The van der Waals surface area contributed by atoms with Gasteiger partial charge in [0.2, 0.25) is 0 Å². The quantitative estimate of drug-likeness (QED) is 0.803. The molecule has 0 spiro atoms. The highest BCUT2D eigenvalue weighted by atomic mass is 15.3. The number of aryl methyl sites for hydroxylation is 1. The molecule has 1 aliphatic carbocycles. The molecular weight excluding hydrogens is 232 g/mol. The highest BCUT2D eigenvalue weighted by Gasteiger charge is 2.29. The largest absolute Gasteiger partial charge is 0.369 e. The van der Waals surface area contributed by atoms with Gasteiger partial charge < -0.3 is 4.90 Å². The molecule has 2 heteroatoms. The van der Waals surface area contributed by atoms with Crippen LogP contribution < -0.4 is 4.90 Å². The van der Waals surface area contributed by atoms with E-state index in [0.29, 0.717) is 0 Å². The third kappa shape index (κ3) is 2.94. The molecule has 1 aliphatic heterocycles. The average molecular weight is 258 g/mol. The highest BCUT2D eigenvalue weighted by molar-refractivity contribution is 5.47. The first-order valence-electron chi connectivity index (χ1n) is 7.78. The Morgan fingerprint density at radius 1 is 0.947 bits per heavy atom. The molecule has 0 bridgehead atoms. The average Bonchev–Trinajstić information content (AvgIpc) is 2.87. The third-order valence-corrected chi connectivity index (χ3v) is 4.90. The van der Waals surface area contributed by atoms with Gasteiger partial charge in [0, 0.05) is 37.9 Å². The molecular formula is C17H26N2. The summed E-state index contributed by atoms with van der Waals surface area (Å²) in [5, 5.41) is 0. The molecule has 0 aromatic heterocycles. The zero-order valence-corrected chi connectivity index (χ0v) is 12.3. The van der Waals surface area contributed by atoms with Crippen molar-refractivity contribution in [3.05, 3.63) is 29.8 Å². The Balaban J connectivity index is 1.56. The Labute approximate surface area is 117 Å². The molecule has 2 nitrogen and oxygen atoms in total. The van der Waals surface area contributed by atoms with Crippen LogP contribution in [0.1, 0.15) is 31.7 Å². The molecule has 0 radical (unpaired) electrons. The fourth-order valence-corrected chi connectivity index (χ4v) is 3.61. The van der Waals surface area contributed by atoms with Crippen LogP contribution in [0, 0.1) is 12.8 Å². The second kappa shape index (κ2) is 5.54. The van der Waals surface area contributed by atoms with Crippen molar-refractivity contribution >= 4 is 5.69 Å². The molecule has 1 aromatic rings. The first-order valence-corrected chi connectivity index (χ1v) is 7.78. The van der Waals surface area contributed by atoms with Crippen molar-refractivity contribution in [1.29, 1.82) is 0 Å². The molecule has 2 atom stereocenters. The minimum Gasteiger partial charge on any atom is -0.369 e. The molecule has 2 fully saturated rings. The smallest absolute Gasteiger partial charge is 0.0367 e. The van der Waals surface area contributed by atoms with Crippen LogP contribution in [0.2, 0.25) is 0 Å². The van der Waals surface area contributed by atoms with Crippen LogP contribution in [-0.4, -0.2) is 37.1 Å². The van der Waals surface area contributed by atoms with E-state index >= 15 is 0 Å². The zero-order chi connectivity index (χ0) is 13.2. The lowest BCUT2D eigenvalue weighted by molar-refractivity contribution is 0.184. The lowest BCUT2D eigenvalue weighted by Crippen LogP contribution is -2.49. The molecule has 1 aromatic carbocycles. The molecule has 1 heterocycles. The van der Waals surface area contributed by atoms with Crippen LogP contribution in [0.3, 0.4) is 0 Å². The van der Waals surface area contributed by atoms with Gasteiger partial charge in [-0.1, -0.05) is 24.6 Å². The predicted molar refractivity (Wildman–Crippen MR) is 81.8 cm³/mol. The topological polar surface area (TPSA) is 6.48 Å². The maximum atomic E-state index is 2.73. The Morgan fingerprint density at radius 2 is 1.63 bits per heavy atom. The number of hydrogen-bond acceptors (Lipinski definition) is 2. The van der Waals surface area contributed by atoms with Crippen LogP contribution in [0.15, 0.2) is 24.3 Å². The molecule has 0 unspecified atom stereocenters. The fraction of sp³-hybridized carbons (Fsp3) is 0.647. The van der Waals surface area contributed by atoms with Crippen molar-refractivity contribution in [1.82, 2.24) is 4.90 Å². The molecule has 19 heavy (non-hydrogen) atoms. The Hall–Kier alpha value is -1.02. The number of piperazine rings is 1. The Morgan fingerprint density at radius 3 is 2.21 bits per heavy atom. The van der Waals surface area contributed by atoms with Gasteiger partial charge in [-0.2, -0.15) is 0 Å². The molecule has 1 saturated carbocycles. The summed E-state index contributed by atoms with van der Waals surface area (Å²) >= 11 is 0. The van der Waals surface area contributed by atoms with E-state index in [4.69, 9.17) is 0 Å². The molecule has 0 N–H and O–H groups in total. The van der Waals surface area contributed by atoms with Crippen molar-refractivity contribution in [2.45, 2.75) is 39.2 Å². The fourth-order valence-electron chi connectivity index (χ4n) is 3.61. The Bertz CT molecular complexity index is 404. The van der Waals surface area contributed by atoms with E-state index < -0.39 is 0 Å². The van der Waals surface area contributed by atoms with Crippen molar-refractivity contribution in [3.8, 4) is 0 Å². The van der Waals surface area contributed by atoms with E-state index in [2.05, 4.69) is 47.9 Å². The second-order valence-electron chi connectivity index (χ2n) is 6.43. The van der Waals surface area contributed by atoms with Crippen molar-refractivity contribution in [3.63, 3.8) is 0 Å². The number of anilines is 1. The van der Waals surface area contributed by atoms with Gasteiger partial charge in [-0.05, 0) is 44.2 Å². The summed E-state index contributed by atoms with van der Waals surface area (Å²) in [4.78, 5) is 5.27. The van der Waals surface area contributed by atoms with Gasteiger partial charge >= 0.3 is 0 Å². The predicted octanol–water partition coefficient (Wildman–Crippen LogP) is 3.31. The molecule has 0 amide bonds. The monoisotopic (exact) mass is 258 g/mol. The van der Waals surface area contributed by atoms with Crippen LogP contribution in [0.5, 0.6) is 0 Å². The summed E-state index contributed by atoms with van der Waals surface area (Å²) in [5.74, 6) is 0.945.